The third kappa shape index (κ3) is 7.99. The van der Waals surface area contributed by atoms with Crippen molar-refractivity contribution >= 4 is 10.1 Å². The second-order valence-corrected chi connectivity index (χ2v) is 2.78. The molecule has 0 unspecified atom stereocenters. The normalized spacial score (nSPS) is 12.0. The van der Waals surface area contributed by atoms with Crippen LogP contribution in [0.2, 0.25) is 0 Å². The van der Waals surface area contributed by atoms with Crippen molar-refractivity contribution in [3.05, 3.63) is 23.6 Å². The van der Waals surface area contributed by atoms with Gasteiger partial charge in [0.1, 0.15) is 10.1 Å². The van der Waals surface area contributed by atoms with Crippen LogP contribution in [0.3, 0.4) is 0 Å². The second-order valence-electron chi connectivity index (χ2n) is 1.56. The van der Waals surface area contributed by atoms with Crippen LogP contribution < -0.4 is 18.9 Å². The molecule has 0 heterocycles. The van der Waals surface area contributed by atoms with Crippen molar-refractivity contribution in [2.45, 2.75) is 6.92 Å². The molecule has 0 spiro atoms. The number of hydrogen-bond donors (Lipinski definition) is 0. The Bertz CT molecular complexity index is 227. The SMILES string of the molecule is C=C/C(C)=C/S(=O)(=O)[O-].[Li+]. The second kappa shape index (κ2) is 4.75. The molecule has 52 valence electrons. The third-order valence-corrected chi connectivity index (χ3v) is 1.31. The van der Waals surface area contributed by atoms with E-state index in [1.165, 1.54) is 13.0 Å². The molecular weight excluding hydrogens is 147 g/mol. The minimum absolute atomic E-state index is 0. The van der Waals surface area contributed by atoms with Gasteiger partial charge >= 0.3 is 18.9 Å². The van der Waals surface area contributed by atoms with Gasteiger partial charge < -0.3 is 4.55 Å². The van der Waals surface area contributed by atoms with Gasteiger partial charge in [-0.1, -0.05) is 12.7 Å². The van der Waals surface area contributed by atoms with Crippen molar-refractivity contribution in [1.82, 2.24) is 0 Å². The molecule has 0 radical (unpaired) electrons. The van der Waals surface area contributed by atoms with Crippen molar-refractivity contribution < 1.29 is 31.8 Å². The van der Waals surface area contributed by atoms with E-state index in [-0.39, 0.29) is 18.9 Å². The minimum atomic E-state index is -4.22. The van der Waals surface area contributed by atoms with Gasteiger partial charge in [-0.15, -0.1) is 0 Å². The summed E-state index contributed by atoms with van der Waals surface area (Å²) in [7, 11) is -4.22. The van der Waals surface area contributed by atoms with Gasteiger partial charge in [-0.05, 0) is 12.5 Å². The molecular formula is C5H7LiO3S. The zero-order valence-corrected chi connectivity index (χ0v) is 6.81. The Morgan fingerprint density at radius 2 is 2.00 bits per heavy atom. The Labute approximate surface area is 72.7 Å². The third-order valence-electron chi connectivity index (χ3n) is 0.652. The summed E-state index contributed by atoms with van der Waals surface area (Å²) in [6.07, 6.45) is 1.30. The van der Waals surface area contributed by atoms with E-state index >= 15 is 0 Å². The topological polar surface area (TPSA) is 57.2 Å². The van der Waals surface area contributed by atoms with Gasteiger partial charge in [-0.3, -0.25) is 0 Å². The molecule has 0 amide bonds. The average Bonchev–Trinajstić information content (AvgIpc) is 1.62. The molecule has 0 atom stereocenters. The molecule has 0 aromatic rings. The number of allylic oxidation sites excluding steroid dienone is 2. The maximum absolute atomic E-state index is 9.92. The molecule has 0 fully saturated rings. The van der Waals surface area contributed by atoms with Crippen molar-refractivity contribution in [2.24, 2.45) is 0 Å². The van der Waals surface area contributed by atoms with Crippen LogP contribution in [0.5, 0.6) is 0 Å². The first-order valence-electron chi connectivity index (χ1n) is 2.22. The first-order chi connectivity index (χ1) is 3.95. The van der Waals surface area contributed by atoms with Crippen LogP contribution in [0.1, 0.15) is 6.92 Å². The summed E-state index contributed by atoms with van der Waals surface area (Å²) in [5, 5.41) is 0.625. The summed E-state index contributed by atoms with van der Waals surface area (Å²) in [6.45, 7) is 4.76. The molecule has 5 heteroatoms. The predicted octanol–water partition coefficient (Wildman–Crippen LogP) is -2.37. The zero-order chi connectivity index (χ0) is 7.49. The molecule has 0 aliphatic heterocycles. The van der Waals surface area contributed by atoms with Crippen molar-refractivity contribution in [1.29, 1.82) is 0 Å². The van der Waals surface area contributed by atoms with E-state index in [1.807, 2.05) is 0 Å². The number of rotatable bonds is 2. The largest absolute Gasteiger partial charge is 1.00 e. The Morgan fingerprint density at radius 3 is 2.10 bits per heavy atom. The van der Waals surface area contributed by atoms with Gasteiger partial charge in [0.15, 0.2) is 0 Å². The van der Waals surface area contributed by atoms with Crippen LogP contribution >= 0.6 is 0 Å². The van der Waals surface area contributed by atoms with Gasteiger partial charge in [-0.25, -0.2) is 8.42 Å². The van der Waals surface area contributed by atoms with Crippen LogP contribution in [0.4, 0.5) is 0 Å². The Hall–Kier alpha value is -0.0126. The fourth-order valence-electron chi connectivity index (χ4n) is 0.276. The van der Waals surface area contributed by atoms with Crippen LogP contribution in [0, 0.1) is 0 Å². The molecule has 0 aromatic heterocycles. The summed E-state index contributed by atoms with van der Waals surface area (Å²) >= 11 is 0. The molecule has 0 aliphatic rings. The van der Waals surface area contributed by atoms with Gasteiger partial charge in [0.25, 0.3) is 0 Å². The quantitative estimate of drug-likeness (QED) is 0.253. The van der Waals surface area contributed by atoms with Crippen LogP contribution in [-0.4, -0.2) is 13.0 Å². The summed E-state index contributed by atoms with van der Waals surface area (Å²) in [4.78, 5) is 0. The van der Waals surface area contributed by atoms with Crippen LogP contribution in [0.15, 0.2) is 23.6 Å². The van der Waals surface area contributed by atoms with Crippen molar-refractivity contribution in [2.75, 3.05) is 0 Å². The zero-order valence-electron chi connectivity index (χ0n) is 5.99. The van der Waals surface area contributed by atoms with Gasteiger partial charge in [-0.2, -0.15) is 0 Å². The molecule has 0 rings (SSSR count). The first-order valence-corrected chi connectivity index (χ1v) is 3.69. The van der Waals surface area contributed by atoms with E-state index in [0.29, 0.717) is 11.0 Å². The standard InChI is InChI=1S/C5H8O3S.Li/c1-3-5(2)4-9(6,7)8;/h3-4H,1H2,2H3,(H,6,7,8);/q;+1/p-1/b5-4+;. The van der Waals surface area contributed by atoms with Crippen LogP contribution in [-0.2, 0) is 10.1 Å². The first kappa shape index (κ1) is 12.6. The summed E-state index contributed by atoms with van der Waals surface area (Å²) in [6, 6.07) is 0. The molecule has 0 aromatic carbocycles. The number of hydrogen-bond acceptors (Lipinski definition) is 3. The van der Waals surface area contributed by atoms with Crippen molar-refractivity contribution in [3.63, 3.8) is 0 Å². The van der Waals surface area contributed by atoms with Gasteiger partial charge in [0.2, 0.25) is 0 Å². The maximum atomic E-state index is 9.92. The Kier molecular flexibility index (Phi) is 6.01. The molecule has 0 saturated carbocycles. The van der Waals surface area contributed by atoms with E-state index in [0.717, 1.165) is 0 Å². The van der Waals surface area contributed by atoms with Gasteiger partial charge in [0, 0.05) is 5.41 Å². The molecule has 0 bridgehead atoms. The van der Waals surface area contributed by atoms with E-state index in [9.17, 15) is 13.0 Å². The summed E-state index contributed by atoms with van der Waals surface area (Å²) in [5.74, 6) is 0. The maximum Gasteiger partial charge on any atom is 1.00 e. The summed E-state index contributed by atoms with van der Waals surface area (Å²) < 4.78 is 29.8. The van der Waals surface area contributed by atoms with E-state index in [2.05, 4.69) is 6.58 Å². The smallest absolute Gasteiger partial charge is 0.744 e. The monoisotopic (exact) mass is 154 g/mol. The minimum Gasteiger partial charge on any atom is -0.744 e. The molecule has 0 N–H and O–H groups in total. The van der Waals surface area contributed by atoms with Gasteiger partial charge in [0.05, 0.1) is 0 Å². The van der Waals surface area contributed by atoms with E-state index < -0.39 is 10.1 Å². The molecule has 0 saturated heterocycles. The predicted molar refractivity (Wildman–Crippen MR) is 33.7 cm³/mol. The molecule has 0 aliphatic carbocycles. The molecule has 3 nitrogen and oxygen atoms in total. The molecule has 10 heavy (non-hydrogen) atoms. The Morgan fingerprint density at radius 1 is 1.60 bits per heavy atom. The average molecular weight is 154 g/mol. The van der Waals surface area contributed by atoms with E-state index in [1.54, 1.807) is 0 Å². The Balaban J connectivity index is 0. The van der Waals surface area contributed by atoms with Crippen molar-refractivity contribution in [3.8, 4) is 0 Å². The summed E-state index contributed by atoms with van der Waals surface area (Å²) in [5.41, 5.74) is 0.352. The van der Waals surface area contributed by atoms with E-state index in [4.69, 9.17) is 0 Å². The van der Waals surface area contributed by atoms with Crippen LogP contribution in [0.25, 0.3) is 0 Å². The fraction of sp³-hybridized carbons (Fsp3) is 0.200. The fourth-order valence-corrected chi connectivity index (χ4v) is 0.827.